The van der Waals surface area contributed by atoms with Crippen LogP contribution in [0.4, 0.5) is 0 Å². The van der Waals surface area contributed by atoms with E-state index < -0.39 is 0 Å². The van der Waals surface area contributed by atoms with Crippen LogP contribution in [0.2, 0.25) is 5.02 Å². The number of halogens is 1. The Labute approximate surface area is 114 Å². The van der Waals surface area contributed by atoms with Gasteiger partial charge in [0.05, 0.1) is 6.10 Å². The van der Waals surface area contributed by atoms with Gasteiger partial charge in [-0.3, -0.25) is 0 Å². The summed E-state index contributed by atoms with van der Waals surface area (Å²) in [4.78, 5) is 0. The van der Waals surface area contributed by atoms with Crippen LogP contribution in [0.3, 0.4) is 0 Å². The molecule has 3 heteroatoms. The van der Waals surface area contributed by atoms with Crippen LogP contribution in [-0.4, -0.2) is 12.6 Å². The lowest BCUT2D eigenvalue weighted by Crippen LogP contribution is -2.29. The number of nitrogens with one attached hydrogen (secondary N) is 1. The van der Waals surface area contributed by atoms with Crippen molar-refractivity contribution in [2.24, 2.45) is 0 Å². The fraction of sp³-hybridized carbons (Fsp3) is 0.600. The zero-order valence-electron chi connectivity index (χ0n) is 10.6. The molecule has 3 rings (SSSR count). The first-order chi connectivity index (χ1) is 8.83. The summed E-state index contributed by atoms with van der Waals surface area (Å²) in [6.07, 6.45) is 7.85. The van der Waals surface area contributed by atoms with Gasteiger partial charge in [-0.25, -0.2) is 0 Å². The normalized spacial score (nSPS) is 24.6. The van der Waals surface area contributed by atoms with Crippen LogP contribution in [0.25, 0.3) is 0 Å². The highest BCUT2D eigenvalue weighted by atomic mass is 35.5. The molecular weight excluding hydrogens is 246 g/mol. The smallest absolute Gasteiger partial charge is 0.124 e. The maximum Gasteiger partial charge on any atom is 0.124 e. The topological polar surface area (TPSA) is 21.3 Å². The van der Waals surface area contributed by atoms with Crippen molar-refractivity contribution in [2.75, 3.05) is 6.54 Å². The van der Waals surface area contributed by atoms with Crippen molar-refractivity contribution < 1.29 is 4.74 Å². The largest absolute Gasteiger partial charge is 0.490 e. The molecule has 1 aromatic carbocycles. The maximum atomic E-state index is 6.14. The third-order valence-corrected chi connectivity index (χ3v) is 4.24. The number of benzene rings is 1. The predicted molar refractivity (Wildman–Crippen MR) is 74.3 cm³/mol. The molecule has 1 saturated carbocycles. The van der Waals surface area contributed by atoms with Crippen molar-refractivity contribution in [3.63, 3.8) is 0 Å². The highest BCUT2D eigenvalue weighted by molar-refractivity contribution is 6.30. The molecule has 1 heterocycles. The monoisotopic (exact) mass is 265 g/mol. The van der Waals surface area contributed by atoms with E-state index in [0.717, 1.165) is 17.3 Å². The second-order valence-electron chi connectivity index (χ2n) is 5.36. The van der Waals surface area contributed by atoms with Crippen molar-refractivity contribution >= 4 is 11.6 Å². The third-order valence-electron chi connectivity index (χ3n) is 4.00. The van der Waals surface area contributed by atoms with Crippen LogP contribution >= 0.6 is 11.6 Å². The molecule has 1 aromatic rings. The number of rotatable bonds is 3. The summed E-state index contributed by atoms with van der Waals surface area (Å²) in [5, 5.41) is 4.38. The summed E-state index contributed by atoms with van der Waals surface area (Å²) in [5.74, 6) is 1.03. The quantitative estimate of drug-likeness (QED) is 0.889. The molecule has 0 spiro atoms. The molecule has 1 saturated heterocycles. The molecule has 2 aliphatic rings. The molecule has 2 nitrogen and oxygen atoms in total. The number of hydrogen-bond acceptors (Lipinski definition) is 2. The molecule has 1 aliphatic heterocycles. The molecule has 1 unspecified atom stereocenters. The van der Waals surface area contributed by atoms with Gasteiger partial charge < -0.3 is 10.1 Å². The van der Waals surface area contributed by atoms with E-state index in [1.54, 1.807) is 0 Å². The van der Waals surface area contributed by atoms with E-state index in [1.165, 1.54) is 44.1 Å². The zero-order chi connectivity index (χ0) is 12.4. The Hall–Kier alpha value is -0.730. The van der Waals surface area contributed by atoms with E-state index in [1.807, 2.05) is 12.1 Å². The molecule has 0 aromatic heterocycles. The van der Waals surface area contributed by atoms with Gasteiger partial charge in [0.1, 0.15) is 5.75 Å². The number of ether oxygens (including phenoxy) is 1. The molecule has 1 N–H and O–H groups in total. The summed E-state index contributed by atoms with van der Waals surface area (Å²) in [6, 6.07) is 6.44. The molecular formula is C15H20ClNO. The number of hydrogen-bond donors (Lipinski definition) is 1. The Kier molecular flexibility index (Phi) is 3.76. The predicted octanol–water partition coefficient (Wildman–Crippen LogP) is 4.09. The first kappa shape index (κ1) is 12.3. The van der Waals surface area contributed by atoms with Gasteiger partial charge in [0.2, 0.25) is 0 Å². The van der Waals surface area contributed by atoms with E-state index in [0.29, 0.717) is 12.1 Å². The van der Waals surface area contributed by atoms with Crippen LogP contribution in [-0.2, 0) is 0 Å². The molecule has 2 fully saturated rings. The molecule has 0 amide bonds. The summed E-state index contributed by atoms with van der Waals surface area (Å²) in [5.41, 5.74) is 1.24. The summed E-state index contributed by atoms with van der Waals surface area (Å²) >= 11 is 6.14. The highest BCUT2D eigenvalue weighted by Crippen LogP contribution is 2.35. The lowest BCUT2D eigenvalue weighted by atomic mass is 9.94. The van der Waals surface area contributed by atoms with Gasteiger partial charge in [-0.15, -0.1) is 0 Å². The Morgan fingerprint density at radius 3 is 2.67 bits per heavy atom. The average molecular weight is 266 g/mol. The summed E-state index contributed by atoms with van der Waals surface area (Å²) < 4.78 is 6.09. The van der Waals surface area contributed by atoms with Gasteiger partial charge >= 0.3 is 0 Å². The van der Waals surface area contributed by atoms with Crippen LogP contribution in [0.15, 0.2) is 18.2 Å². The lowest BCUT2D eigenvalue weighted by molar-refractivity contribution is 0.118. The van der Waals surface area contributed by atoms with Crippen LogP contribution < -0.4 is 10.1 Å². The Morgan fingerprint density at radius 1 is 1.11 bits per heavy atom. The maximum absolute atomic E-state index is 6.14. The first-order valence-electron chi connectivity index (χ1n) is 7.02. The van der Waals surface area contributed by atoms with Gasteiger partial charge in [0, 0.05) is 16.6 Å². The van der Waals surface area contributed by atoms with Gasteiger partial charge in [0.25, 0.3) is 0 Å². The fourth-order valence-corrected chi connectivity index (χ4v) is 2.86. The summed E-state index contributed by atoms with van der Waals surface area (Å²) in [6.45, 7) is 1.10. The zero-order valence-corrected chi connectivity index (χ0v) is 11.4. The Balaban J connectivity index is 1.81. The van der Waals surface area contributed by atoms with Crippen molar-refractivity contribution in [3.8, 4) is 5.75 Å². The number of piperidine rings is 1. The van der Waals surface area contributed by atoms with E-state index >= 15 is 0 Å². The van der Waals surface area contributed by atoms with Gasteiger partial charge in [-0.1, -0.05) is 18.0 Å². The first-order valence-corrected chi connectivity index (χ1v) is 7.40. The molecule has 1 atom stereocenters. The molecule has 98 valence electrons. The average Bonchev–Trinajstić information content (AvgIpc) is 2.36. The van der Waals surface area contributed by atoms with E-state index in [2.05, 4.69) is 11.4 Å². The van der Waals surface area contributed by atoms with Crippen molar-refractivity contribution in [3.05, 3.63) is 28.8 Å². The fourth-order valence-electron chi connectivity index (χ4n) is 2.68. The second kappa shape index (κ2) is 5.50. The van der Waals surface area contributed by atoms with Crippen LogP contribution in [0.5, 0.6) is 5.75 Å². The van der Waals surface area contributed by atoms with Gasteiger partial charge in [-0.2, -0.15) is 0 Å². The van der Waals surface area contributed by atoms with E-state index in [9.17, 15) is 0 Å². The Bertz CT molecular complexity index is 411. The van der Waals surface area contributed by atoms with Gasteiger partial charge in [0.15, 0.2) is 0 Å². The standard InChI is InChI=1S/C15H20ClNO/c16-11-7-8-15(18-12-4-3-5-12)13(10-11)14-6-1-2-9-17-14/h7-8,10,12,14,17H,1-6,9H2. The lowest BCUT2D eigenvalue weighted by Gasteiger charge is -2.30. The summed E-state index contributed by atoms with van der Waals surface area (Å²) in [7, 11) is 0. The molecule has 18 heavy (non-hydrogen) atoms. The molecule has 1 aliphatic carbocycles. The van der Waals surface area contributed by atoms with E-state index in [4.69, 9.17) is 16.3 Å². The Morgan fingerprint density at radius 2 is 2.00 bits per heavy atom. The SMILES string of the molecule is Clc1ccc(OC2CCC2)c(C2CCCCN2)c1. The highest BCUT2D eigenvalue weighted by Gasteiger charge is 2.23. The minimum atomic E-state index is 0.410. The van der Waals surface area contributed by atoms with Gasteiger partial charge in [-0.05, 0) is 56.8 Å². The minimum Gasteiger partial charge on any atom is -0.490 e. The van der Waals surface area contributed by atoms with Crippen molar-refractivity contribution in [2.45, 2.75) is 50.7 Å². The van der Waals surface area contributed by atoms with Crippen LogP contribution in [0, 0.1) is 0 Å². The minimum absolute atomic E-state index is 0.410. The van der Waals surface area contributed by atoms with Crippen molar-refractivity contribution in [1.29, 1.82) is 0 Å². The third kappa shape index (κ3) is 2.65. The second-order valence-corrected chi connectivity index (χ2v) is 5.79. The van der Waals surface area contributed by atoms with Crippen LogP contribution in [0.1, 0.15) is 50.1 Å². The van der Waals surface area contributed by atoms with Crippen molar-refractivity contribution in [1.82, 2.24) is 5.32 Å². The molecule has 0 radical (unpaired) electrons. The van der Waals surface area contributed by atoms with E-state index in [-0.39, 0.29) is 0 Å². The molecule has 0 bridgehead atoms.